The highest BCUT2D eigenvalue weighted by molar-refractivity contribution is 9.10. The number of nitrogens with zero attached hydrogens (tertiary/aromatic N) is 1. The van der Waals surface area contributed by atoms with Crippen LogP contribution < -0.4 is 11.2 Å². The van der Waals surface area contributed by atoms with E-state index in [-0.39, 0.29) is 5.11 Å². The quantitative estimate of drug-likeness (QED) is 0.499. The number of nitrogens with two attached hydrogens (primary N) is 1. The lowest BCUT2D eigenvalue weighted by Gasteiger charge is -1.97. The van der Waals surface area contributed by atoms with Crippen LogP contribution in [-0.2, 0) is 0 Å². The molecule has 3 N–H and O–H groups in total. The molecule has 0 spiro atoms. The van der Waals surface area contributed by atoms with Crippen LogP contribution in [0.2, 0.25) is 5.02 Å². The average Bonchev–Trinajstić information content (AvgIpc) is 2.10. The van der Waals surface area contributed by atoms with Crippen molar-refractivity contribution in [3.63, 3.8) is 0 Å². The molecule has 0 fully saturated rings. The summed E-state index contributed by atoms with van der Waals surface area (Å²) in [6.45, 7) is 0. The molecule has 0 aliphatic carbocycles. The highest BCUT2D eigenvalue weighted by Gasteiger charge is 1.96. The molecule has 74 valence electrons. The fourth-order valence-electron chi connectivity index (χ4n) is 0.763. The predicted octanol–water partition coefficient (Wildman–Crippen LogP) is 2.27. The maximum Gasteiger partial charge on any atom is 0.184 e. The summed E-state index contributed by atoms with van der Waals surface area (Å²) in [5.74, 6) is 0. The third-order valence-corrected chi connectivity index (χ3v) is 2.64. The Morgan fingerprint density at radius 2 is 2.36 bits per heavy atom. The summed E-state index contributed by atoms with van der Waals surface area (Å²) >= 11 is 13.7. The van der Waals surface area contributed by atoms with Crippen LogP contribution in [0.15, 0.2) is 27.8 Å². The molecule has 1 aromatic rings. The zero-order valence-corrected chi connectivity index (χ0v) is 10.2. The molecule has 0 amide bonds. The maximum absolute atomic E-state index is 5.82. The van der Waals surface area contributed by atoms with Gasteiger partial charge in [0.2, 0.25) is 0 Å². The van der Waals surface area contributed by atoms with Gasteiger partial charge in [0.1, 0.15) is 0 Å². The highest BCUT2D eigenvalue weighted by Crippen LogP contribution is 2.22. The maximum atomic E-state index is 5.82. The molecular weight excluding hydrogens is 286 g/mol. The molecule has 0 heterocycles. The molecule has 0 aromatic heterocycles. The Hall–Kier alpha value is -0.650. The van der Waals surface area contributed by atoms with Crippen molar-refractivity contribution in [2.24, 2.45) is 10.8 Å². The van der Waals surface area contributed by atoms with Gasteiger partial charge in [0.05, 0.1) is 11.2 Å². The molecular formula is C8H7BrClN3S. The lowest BCUT2D eigenvalue weighted by atomic mass is 10.2. The first-order valence-electron chi connectivity index (χ1n) is 3.63. The van der Waals surface area contributed by atoms with Crippen LogP contribution in [-0.4, -0.2) is 11.3 Å². The van der Waals surface area contributed by atoms with Gasteiger partial charge in [0.25, 0.3) is 0 Å². The Morgan fingerprint density at radius 1 is 1.64 bits per heavy atom. The van der Waals surface area contributed by atoms with E-state index in [2.05, 4.69) is 38.7 Å². The summed E-state index contributed by atoms with van der Waals surface area (Å²) in [6, 6.07) is 5.44. The molecule has 0 saturated carbocycles. The Morgan fingerprint density at radius 3 is 2.93 bits per heavy atom. The molecule has 0 unspecified atom stereocenters. The van der Waals surface area contributed by atoms with Crippen LogP contribution in [0.25, 0.3) is 0 Å². The first kappa shape index (κ1) is 11.4. The highest BCUT2D eigenvalue weighted by atomic mass is 79.9. The van der Waals surface area contributed by atoms with Crippen molar-refractivity contribution in [1.82, 2.24) is 5.43 Å². The van der Waals surface area contributed by atoms with E-state index in [0.717, 1.165) is 10.0 Å². The Balaban J connectivity index is 2.73. The number of benzene rings is 1. The number of rotatable bonds is 2. The van der Waals surface area contributed by atoms with E-state index in [1.807, 2.05) is 12.1 Å². The molecule has 0 saturated heterocycles. The lowest BCUT2D eigenvalue weighted by Crippen LogP contribution is -2.23. The molecule has 1 aromatic carbocycles. The van der Waals surface area contributed by atoms with Crippen molar-refractivity contribution in [2.75, 3.05) is 0 Å². The first-order chi connectivity index (χ1) is 6.59. The van der Waals surface area contributed by atoms with Gasteiger partial charge in [-0.15, -0.1) is 0 Å². The zero-order valence-electron chi connectivity index (χ0n) is 7.00. The number of hydrazone groups is 1. The van der Waals surface area contributed by atoms with Crippen molar-refractivity contribution < 1.29 is 0 Å². The molecule has 14 heavy (non-hydrogen) atoms. The summed E-state index contributed by atoms with van der Waals surface area (Å²) < 4.78 is 0.818. The number of nitrogens with one attached hydrogen (secondary N) is 1. The topological polar surface area (TPSA) is 50.4 Å². The SMILES string of the molecule is NC(=S)NN=Cc1ccc(Cl)c(Br)c1. The minimum Gasteiger partial charge on any atom is -0.375 e. The van der Waals surface area contributed by atoms with Gasteiger partial charge in [0.15, 0.2) is 5.11 Å². The normalized spacial score (nSPS) is 10.4. The second-order valence-electron chi connectivity index (χ2n) is 2.41. The molecule has 0 bridgehead atoms. The molecule has 6 heteroatoms. The van der Waals surface area contributed by atoms with E-state index in [0.29, 0.717) is 5.02 Å². The third kappa shape index (κ3) is 3.61. The summed E-state index contributed by atoms with van der Waals surface area (Å²) in [4.78, 5) is 0. The van der Waals surface area contributed by atoms with Gasteiger partial charge >= 0.3 is 0 Å². The smallest absolute Gasteiger partial charge is 0.184 e. The fourth-order valence-corrected chi connectivity index (χ4v) is 1.33. The number of hydrogen-bond donors (Lipinski definition) is 2. The van der Waals surface area contributed by atoms with E-state index in [4.69, 9.17) is 17.3 Å². The van der Waals surface area contributed by atoms with Crippen LogP contribution in [0.5, 0.6) is 0 Å². The van der Waals surface area contributed by atoms with E-state index in [1.54, 1.807) is 12.3 Å². The molecule has 1 rings (SSSR count). The molecule has 3 nitrogen and oxygen atoms in total. The summed E-state index contributed by atoms with van der Waals surface area (Å²) in [5.41, 5.74) is 8.54. The Labute approximate surface area is 100 Å². The minimum atomic E-state index is 0.134. The van der Waals surface area contributed by atoms with E-state index < -0.39 is 0 Å². The largest absolute Gasteiger partial charge is 0.375 e. The van der Waals surface area contributed by atoms with Crippen molar-refractivity contribution in [3.05, 3.63) is 33.3 Å². The summed E-state index contributed by atoms with van der Waals surface area (Å²) in [7, 11) is 0. The molecule has 0 aliphatic heterocycles. The van der Waals surface area contributed by atoms with Gasteiger partial charge in [-0.3, -0.25) is 5.43 Å². The monoisotopic (exact) mass is 291 g/mol. The van der Waals surface area contributed by atoms with Crippen molar-refractivity contribution in [3.8, 4) is 0 Å². The second kappa shape index (κ2) is 5.29. The molecule has 0 radical (unpaired) electrons. The third-order valence-electron chi connectivity index (χ3n) is 1.33. The van der Waals surface area contributed by atoms with Gasteiger partial charge in [-0.2, -0.15) is 5.10 Å². The number of hydrogen-bond acceptors (Lipinski definition) is 2. The van der Waals surface area contributed by atoms with Crippen LogP contribution in [0.3, 0.4) is 0 Å². The van der Waals surface area contributed by atoms with Gasteiger partial charge in [0, 0.05) is 4.47 Å². The average molecular weight is 293 g/mol. The first-order valence-corrected chi connectivity index (χ1v) is 5.21. The lowest BCUT2D eigenvalue weighted by molar-refractivity contribution is 1.04. The van der Waals surface area contributed by atoms with Crippen molar-refractivity contribution in [2.45, 2.75) is 0 Å². The van der Waals surface area contributed by atoms with Gasteiger partial charge < -0.3 is 5.73 Å². The fraction of sp³-hybridized carbons (Fsp3) is 0. The second-order valence-corrected chi connectivity index (χ2v) is 4.11. The summed E-state index contributed by atoms with van der Waals surface area (Å²) in [6.07, 6.45) is 1.60. The van der Waals surface area contributed by atoms with Crippen LogP contribution in [0.4, 0.5) is 0 Å². The van der Waals surface area contributed by atoms with Gasteiger partial charge in [-0.25, -0.2) is 0 Å². The van der Waals surface area contributed by atoms with Crippen molar-refractivity contribution >= 4 is 51.1 Å². The van der Waals surface area contributed by atoms with E-state index >= 15 is 0 Å². The summed E-state index contributed by atoms with van der Waals surface area (Å²) in [5, 5.41) is 4.60. The molecule has 0 aliphatic rings. The van der Waals surface area contributed by atoms with E-state index in [9.17, 15) is 0 Å². The van der Waals surface area contributed by atoms with Crippen LogP contribution >= 0.6 is 39.7 Å². The Kier molecular flexibility index (Phi) is 4.31. The van der Waals surface area contributed by atoms with Gasteiger partial charge in [-0.05, 0) is 45.8 Å². The number of halogens is 2. The van der Waals surface area contributed by atoms with E-state index in [1.165, 1.54) is 0 Å². The van der Waals surface area contributed by atoms with Crippen LogP contribution in [0.1, 0.15) is 5.56 Å². The standard InChI is InChI=1S/C8H7BrClN3S/c9-6-3-5(1-2-7(6)10)4-12-13-8(11)14/h1-4H,(H3,11,13,14). The number of thiocarbonyl (C=S) groups is 1. The Bertz CT molecular complexity index is 381. The molecule has 0 atom stereocenters. The minimum absolute atomic E-state index is 0.134. The predicted molar refractivity (Wildman–Crippen MR) is 66.7 cm³/mol. The zero-order chi connectivity index (χ0) is 10.6. The van der Waals surface area contributed by atoms with Crippen molar-refractivity contribution in [1.29, 1.82) is 0 Å². The van der Waals surface area contributed by atoms with Crippen LogP contribution in [0, 0.1) is 0 Å². The van der Waals surface area contributed by atoms with Gasteiger partial charge in [-0.1, -0.05) is 17.7 Å².